The van der Waals surface area contributed by atoms with Gasteiger partial charge in [0.05, 0.1) is 0 Å². The molecule has 1 unspecified atom stereocenters. The maximum atomic E-state index is 3.58. The summed E-state index contributed by atoms with van der Waals surface area (Å²) in [7, 11) is 0. The zero-order valence-electron chi connectivity index (χ0n) is 13.5. The van der Waals surface area contributed by atoms with Gasteiger partial charge < -0.3 is 5.32 Å². The zero-order valence-corrected chi connectivity index (χ0v) is 13.5. The van der Waals surface area contributed by atoms with Gasteiger partial charge in [0.15, 0.2) is 0 Å². The molecule has 0 amide bonds. The lowest BCUT2D eigenvalue weighted by Gasteiger charge is -2.19. The van der Waals surface area contributed by atoms with E-state index in [0.29, 0.717) is 5.92 Å². The minimum absolute atomic E-state index is 0.541. The highest BCUT2D eigenvalue weighted by molar-refractivity contribution is 5.33. The molecule has 0 aliphatic heterocycles. The Hall–Kier alpha value is -1.60. The molecule has 2 aromatic rings. The van der Waals surface area contributed by atoms with Crippen molar-refractivity contribution in [3.63, 3.8) is 0 Å². The molecule has 2 aromatic carbocycles. The molecule has 0 bridgehead atoms. The van der Waals surface area contributed by atoms with Crippen molar-refractivity contribution in [2.75, 3.05) is 13.1 Å². The fourth-order valence-electron chi connectivity index (χ4n) is 2.83. The molecule has 0 heterocycles. The zero-order chi connectivity index (χ0) is 15.1. The van der Waals surface area contributed by atoms with Gasteiger partial charge in [0.2, 0.25) is 0 Å². The fraction of sp³-hybridized carbons (Fsp3) is 0.400. The lowest BCUT2D eigenvalue weighted by molar-refractivity contribution is 0.576. The Morgan fingerprint density at radius 2 is 1.76 bits per heavy atom. The average molecular weight is 281 g/mol. The van der Waals surface area contributed by atoms with Crippen LogP contribution >= 0.6 is 0 Å². The summed E-state index contributed by atoms with van der Waals surface area (Å²) < 4.78 is 0. The Labute approximate surface area is 129 Å². The van der Waals surface area contributed by atoms with Crippen LogP contribution in [0.25, 0.3) is 0 Å². The number of benzene rings is 2. The fourth-order valence-corrected chi connectivity index (χ4v) is 2.83. The topological polar surface area (TPSA) is 12.0 Å². The second-order valence-corrected chi connectivity index (χ2v) is 5.95. The summed E-state index contributed by atoms with van der Waals surface area (Å²) in [6, 6.07) is 17.7. The van der Waals surface area contributed by atoms with Crippen molar-refractivity contribution in [3.05, 3.63) is 70.8 Å². The quantitative estimate of drug-likeness (QED) is 0.730. The van der Waals surface area contributed by atoms with Crippen LogP contribution in [0.15, 0.2) is 48.5 Å². The standard InChI is InChI=1S/C20H27N/c1-4-12-21-15-20(18-8-6-5-7-9-18)14-19-11-10-16(2)13-17(19)3/h5-11,13,20-21H,4,12,14-15H2,1-3H3. The van der Waals surface area contributed by atoms with Crippen LogP contribution in [-0.4, -0.2) is 13.1 Å². The summed E-state index contributed by atoms with van der Waals surface area (Å²) >= 11 is 0. The van der Waals surface area contributed by atoms with Crippen LogP contribution in [0.3, 0.4) is 0 Å². The van der Waals surface area contributed by atoms with Crippen LogP contribution in [0, 0.1) is 13.8 Å². The molecule has 1 nitrogen and oxygen atoms in total. The van der Waals surface area contributed by atoms with Gasteiger partial charge in [-0.25, -0.2) is 0 Å². The molecule has 0 saturated carbocycles. The molecular weight excluding hydrogens is 254 g/mol. The monoisotopic (exact) mass is 281 g/mol. The first-order chi connectivity index (χ1) is 10.2. The molecule has 0 spiro atoms. The van der Waals surface area contributed by atoms with E-state index in [1.807, 2.05) is 0 Å². The van der Waals surface area contributed by atoms with Gasteiger partial charge in [-0.3, -0.25) is 0 Å². The van der Waals surface area contributed by atoms with Gasteiger partial charge in [0.1, 0.15) is 0 Å². The Kier molecular flexibility index (Phi) is 6.01. The van der Waals surface area contributed by atoms with Crippen molar-refractivity contribution in [2.45, 2.75) is 39.5 Å². The SMILES string of the molecule is CCCNCC(Cc1ccc(C)cc1C)c1ccccc1. The number of aryl methyl sites for hydroxylation is 2. The van der Waals surface area contributed by atoms with Crippen molar-refractivity contribution in [1.29, 1.82) is 0 Å². The molecule has 0 aliphatic carbocycles. The molecule has 0 saturated heterocycles. The minimum atomic E-state index is 0.541. The van der Waals surface area contributed by atoms with Crippen molar-refractivity contribution >= 4 is 0 Å². The van der Waals surface area contributed by atoms with Gasteiger partial charge in [0.25, 0.3) is 0 Å². The molecule has 2 rings (SSSR count). The van der Waals surface area contributed by atoms with E-state index in [9.17, 15) is 0 Å². The molecule has 1 heteroatoms. The lowest BCUT2D eigenvalue weighted by atomic mass is 9.89. The van der Waals surface area contributed by atoms with Crippen molar-refractivity contribution in [3.8, 4) is 0 Å². The maximum Gasteiger partial charge on any atom is 0.00233 e. The highest BCUT2D eigenvalue weighted by atomic mass is 14.8. The van der Waals surface area contributed by atoms with E-state index in [0.717, 1.165) is 19.5 Å². The van der Waals surface area contributed by atoms with Crippen LogP contribution < -0.4 is 5.32 Å². The Bertz CT molecular complexity index is 545. The summed E-state index contributed by atoms with van der Waals surface area (Å²) in [5, 5.41) is 3.58. The molecule has 0 fully saturated rings. The Morgan fingerprint density at radius 1 is 1.00 bits per heavy atom. The van der Waals surface area contributed by atoms with E-state index in [2.05, 4.69) is 74.6 Å². The van der Waals surface area contributed by atoms with Crippen LogP contribution in [-0.2, 0) is 6.42 Å². The van der Waals surface area contributed by atoms with Gasteiger partial charge in [-0.1, -0.05) is 61.0 Å². The van der Waals surface area contributed by atoms with E-state index in [1.54, 1.807) is 0 Å². The van der Waals surface area contributed by atoms with Crippen molar-refractivity contribution in [1.82, 2.24) is 5.32 Å². The van der Waals surface area contributed by atoms with Crippen LogP contribution in [0.5, 0.6) is 0 Å². The maximum absolute atomic E-state index is 3.58. The summed E-state index contributed by atoms with van der Waals surface area (Å²) in [6.45, 7) is 8.74. The smallest absolute Gasteiger partial charge is 0.00233 e. The van der Waals surface area contributed by atoms with Crippen LogP contribution in [0.1, 0.15) is 41.5 Å². The van der Waals surface area contributed by atoms with Gasteiger partial charge in [-0.05, 0) is 49.9 Å². The number of rotatable bonds is 7. The Morgan fingerprint density at radius 3 is 2.43 bits per heavy atom. The largest absolute Gasteiger partial charge is 0.316 e. The highest BCUT2D eigenvalue weighted by Crippen LogP contribution is 2.22. The summed E-state index contributed by atoms with van der Waals surface area (Å²) in [6.07, 6.45) is 2.29. The first-order valence-corrected chi connectivity index (χ1v) is 8.02. The summed E-state index contributed by atoms with van der Waals surface area (Å²) in [4.78, 5) is 0. The van der Waals surface area contributed by atoms with Crippen molar-refractivity contribution in [2.24, 2.45) is 0 Å². The molecule has 0 radical (unpaired) electrons. The number of hydrogen-bond acceptors (Lipinski definition) is 1. The van der Waals surface area contributed by atoms with Gasteiger partial charge in [-0.15, -0.1) is 0 Å². The predicted octanol–water partition coefficient (Wildman–Crippen LogP) is 4.63. The molecule has 21 heavy (non-hydrogen) atoms. The van der Waals surface area contributed by atoms with Gasteiger partial charge >= 0.3 is 0 Å². The highest BCUT2D eigenvalue weighted by Gasteiger charge is 2.13. The lowest BCUT2D eigenvalue weighted by Crippen LogP contribution is -2.24. The summed E-state index contributed by atoms with van der Waals surface area (Å²) in [5.74, 6) is 0.541. The third-order valence-electron chi connectivity index (χ3n) is 4.05. The second-order valence-electron chi connectivity index (χ2n) is 5.95. The molecule has 1 atom stereocenters. The third-order valence-corrected chi connectivity index (χ3v) is 4.05. The molecule has 1 N–H and O–H groups in total. The van der Waals surface area contributed by atoms with Gasteiger partial charge in [0, 0.05) is 12.5 Å². The first-order valence-electron chi connectivity index (χ1n) is 8.02. The minimum Gasteiger partial charge on any atom is -0.316 e. The third kappa shape index (κ3) is 4.71. The molecular formula is C20H27N. The number of hydrogen-bond donors (Lipinski definition) is 1. The first kappa shape index (κ1) is 15.8. The van der Waals surface area contributed by atoms with E-state index < -0.39 is 0 Å². The second kappa shape index (κ2) is 7.99. The van der Waals surface area contributed by atoms with Gasteiger partial charge in [-0.2, -0.15) is 0 Å². The van der Waals surface area contributed by atoms with E-state index in [1.165, 1.54) is 28.7 Å². The Balaban J connectivity index is 2.15. The average Bonchev–Trinajstić information content (AvgIpc) is 2.49. The van der Waals surface area contributed by atoms with E-state index in [4.69, 9.17) is 0 Å². The van der Waals surface area contributed by atoms with Crippen LogP contribution in [0.4, 0.5) is 0 Å². The number of nitrogens with one attached hydrogen (secondary N) is 1. The molecule has 0 aliphatic rings. The molecule has 112 valence electrons. The normalized spacial score (nSPS) is 12.3. The van der Waals surface area contributed by atoms with Crippen LogP contribution in [0.2, 0.25) is 0 Å². The summed E-state index contributed by atoms with van der Waals surface area (Å²) in [5.41, 5.74) is 5.65. The van der Waals surface area contributed by atoms with E-state index >= 15 is 0 Å². The van der Waals surface area contributed by atoms with Crippen molar-refractivity contribution < 1.29 is 0 Å². The van der Waals surface area contributed by atoms with E-state index in [-0.39, 0.29) is 0 Å². The molecule has 0 aromatic heterocycles. The predicted molar refractivity (Wildman–Crippen MR) is 92.0 cm³/mol.